The van der Waals surface area contributed by atoms with Crippen molar-refractivity contribution in [3.05, 3.63) is 35.9 Å². The van der Waals surface area contributed by atoms with E-state index in [4.69, 9.17) is 0 Å². The maximum atomic E-state index is 12.3. The lowest BCUT2D eigenvalue weighted by Gasteiger charge is -2.22. The van der Waals surface area contributed by atoms with Gasteiger partial charge in [-0.15, -0.1) is 24.0 Å². The third kappa shape index (κ3) is 9.04. The van der Waals surface area contributed by atoms with Gasteiger partial charge >= 0.3 is 0 Å². The van der Waals surface area contributed by atoms with E-state index < -0.39 is 0 Å². The van der Waals surface area contributed by atoms with Gasteiger partial charge in [-0.25, -0.2) is 0 Å². The molecule has 0 unspecified atom stereocenters. The first-order valence-corrected chi connectivity index (χ1v) is 8.85. The number of carbonyl (C=O) groups excluding carboxylic acids is 1. The molecule has 2 N–H and O–H groups in total. The quantitative estimate of drug-likeness (QED) is 0.276. The second-order valence-corrected chi connectivity index (χ2v) is 5.72. The van der Waals surface area contributed by atoms with Crippen LogP contribution in [-0.4, -0.2) is 55.5 Å². The average Bonchev–Trinajstić information content (AvgIpc) is 2.56. The van der Waals surface area contributed by atoms with Gasteiger partial charge in [0.15, 0.2) is 5.96 Å². The lowest BCUT2D eigenvalue weighted by atomic mass is 10.2. The molecule has 1 amide bonds. The van der Waals surface area contributed by atoms with Gasteiger partial charge in [0.25, 0.3) is 0 Å². The fourth-order valence-electron chi connectivity index (χ4n) is 1.94. The van der Waals surface area contributed by atoms with Crippen LogP contribution in [0, 0.1) is 0 Å². The number of rotatable bonds is 8. The van der Waals surface area contributed by atoms with Gasteiger partial charge in [0.05, 0.1) is 6.54 Å². The Balaban J connectivity index is 0.00000484. The molecule has 0 saturated carbocycles. The number of nitrogens with one attached hydrogen (secondary N) is 2. The monoisotopic (exact) mass is 450 g/mol. The largest absolute Gasteiger partial charge is 0.356 e. The van der Waals surface area contributed by atoms with E-state index >= 15 is 0 Å². The molecule has 5 nitrogen and oxygen atoms in total. The summed E-state index contributed by atoms with van der Waals surface area (Å²) in [5.41, 5.74) is 1.14. The Morgan fingerprint density at radius 1 is 1.26 bits per heavy atom. The number of likely N-dealkylation sites (N-methyl/N-ethyl adjacent to an activating group) is 1. The van der Waals surface area contributed by atoms with Crippen LogP contribution in [0.15, 0.2) is 35.3 Å². The molecule has 1 aromatic rings. The Morgan fingerprint density at radius 3 is 2.52 bits per heavy atom. The van der Waals surface area contributed by atoms with Crippen LogP contribution in [0.5, 0.6) is 0 Å². The maximum Gasteiger partial charge on any atom is 0.242 e. The molecule has 0 heterocycles. The molecule has 0 spiro atoms. The summed E-state index contributed by atoms with van der Waals surface area (Å²) in [6, 6.07) is 10.0. The van der Waals surface area contributed by atoms with E-state index in [9.17, 15) is 4.79 Å². The van der Waals surface area contributed by atoms with Crippen LogP contribution >= 0.6 is 35.7 Å². The molecule has 130 valence electrons. The molecule has 0 aliphatic heterocycles. The molecule has 0 atom stereocenters. The number of hydrogen-bond acceptors (Lipinski definition) is 3. The normalized spacial score (nSPS) is 10.7. The zero-order valence-electron chi connectivity index (χ0n) is 14.0. The SMILES string of the molecule is CCN(Cc1ccccc1)C(=O)CNC(=NC)NCCSC.I. The molecule has 0 bridgehead atoms. The van der Waals surface area contributed by atoms with E-state index in [2.05, 4.69) is 21.9 Å². The minimum atomic E-state index is 0. The summed E-state index contributed by atoms with van der Waals surface area (Å²) in [6.07, 6.45) is 2.06. The first kappa shape index (κ1) is 22.0. The number of aliphatic imine (C=N–C) groups is 1. The van der Waals surface area contributed by atoms with Crippen LogP contribution in [0.2, 0.25) is 0 Å². The van der Waals surface area contributed by atoms with Gasteiger partial charge in [0.2, 0.25) is 5.91 Å². The van der Waals surface area contributed by atoms with Gasteiger partial charge in [-0.05, 0) is 18.7 Å². The second kappa shape index (κ2) is 13.5. The van der Waals surface area contributed by atoms with Gasteiger partial charge in [-0.1, -0.05) is 30.3 Å². The van der Waals surface area contributed by atoms with Crippen molar-refractivity contribution in [3.8, 4) is 0 Å². The molecule has 23 heavy (non-hydrogen) atoms. The molecule has 7 heteroatoms. The van der Waals surface area contributed by atoms with Crippen LogP contribution in [0.1, 0.15) is 12.5 Å². The number of guanidine groups is 1. The topological polar surface area (TPSA) is 56.7 Å². The standard InChI is InChI=1S/C16H26N4OS.HI/c1-4-20(13-14-8-6-5-7-9-14)15(21)12-19-16(17-2)18-10-11-22-3;/h5-9H,4,10-13H2,1-3H3,(H2,17,18,19);1H. The van der Waals surface area contributed by atoms with Crippen molar-refractivity contribution >= 4 is 47.6 Å². The van der Waals surface area contributed by atoms with E-state index in [1.165, 1.54) is 0 Å². The van der Waals surface area contributed by atoms with Crippen LogP contribution in [-0.2, 0) is 11.3 Å². The fourth-order valence-corrected chi connectivity index (χ4v) is 2.25. The van der Waals surface area contributed by atoms with Crippen molar-refractivity contribution in [3.63, 3.8) is 0 Å². The van der Waals surface area contributed by atoms with Gasteiger partial charge in [0.1, 0.15) is 0 Å². The second-order valence-electron chi connectivity index (χ2n) is 4.74. The molecule has 0 radical (unpaired) electrons. The average molecular weight is 450 g/mol. The highest BCUT2D eigenvalue weighted by molar-refractivity contribution is 14.0. The van der Waals surface area contributed by atoms with Crippen LogP contribution in [0.4, 0.5) is 0 Å². The third-order valence-corrected chi connectivity index (χ3v) is 3.79. The zero-order valence-corrected chi connectivity index (χ0v) is 17.2. The summed E-state index contributed by atoms with van der Waals surface area (Å²) in [6.45, 7) is 4.40. The van der Waals surface area contributed by atoms with Crippen LogP contribution < -0.4 is 10.6 Å². The summed E-state index contributed by atoms with van der Waals surface area (Å²) in [5, 5.41) is 6.25. The van der Waals surface area contributed by atoms with Crippen molar-refractivity contribution in [1.29, 1.82) is 0 Å². The van der Waals surface area contributed by atoms with Gasteiger partial charge in [-0.2, -0.15) is 11.8 Å². The summed E-state index contributed by atoms with van der Waals surface area (Å²) >= 11 is 1.77. The van der Waals surface area contributed by atoms with E-state index in [0.717, 1.165) is 17.9 Å². The van der Waals surface area contributed by atoms with Gasteiger partial charge < -0.3 is 15.5 Å². The Hall–Kier alpha value is -0.960. The molecule has 0 saturated heterocycles. The summed E-state index contributed by atoms with van der Waals surface area (Å²) in [4.78, 5) is 18.3. The van der Waals surface area contributed by atoms with Crippen molar-refractivity contribution in [2.45, 2.75) is 13.5 Å². The molecular weight excluding hydrogens is 423 g/mol. The minimum Gasteiger partial charge on any atom is -0.356 e. The van der Waals surface area contributed by atoms with E-state index in [1.54, 1.807) is 18.8 Å². The van der Waals surface area contributed by atoms with Crippen molar-refractivity contribution in [2.24, 2.45) is 4.99 Å². The number of halogens is 1. The Kier molecular flexibility index (Phi) is 12.9. The predicted octanol–water partition coefficient (Wildman–Crippen LogP) is 2.18. The predicted molar refractivity (Wildman–Crippen MR) is 111 cm³/mol. The Bertz CT molecular complexity index is 470. The third-order valence-electron chi connectivity index (χ3n) is 3.18. The zero-order chi connectivity index (χ0) is 16.2. The highest BCUT2D eigenvalue weighted by Crippen LogP contribution is 2.04. The highest BCUT2D eigenvalue weighted by atomic mass is 127. The summed E-state index contributed by atoms with van der Waals surface area (Å²) in [5.74, 6) is 1.74. The van der Waals surface area contributed by atoms with Gasteiger partial charge in [-0.3, -0.25) is 9.79 Å². The van der Waals surface area contributed by atoms with Crippen molar-refractivity contribution in [1.82, 2.24) is 15.5 Å². The van der Waals surface area contributed by atoms with Crippen LogP contribution in [0.25, 0.3) is 0 Å². The fraction of sp³-hybridized carbons (Fsp3) is 0.500. The molecule has 0 aromatic heterocycles. The van der Waals surface area contributed by atoms with Crippen molar-refractivity contribution in [2.75, 3.05) is 38.7 Å². The molecule has 0 aliphatic rings. The van der Waals surface area contributed by atoms with E-state index in [1.807, 2.05) is 42.2 Å². The van der Waals surface area contributed by atoms with E-state index in [0.29, 0.717) is 19.0 Å². The molecule has 0 fully saturated rings. The summed E-state index contributed by atoms with van der Waals surface area (Å²) in [7, 11) is 1.71. The highest BCUT2D eigenvalue weighted by Gasteiger charge is 2.12. The molecule has 0 aliphatic carbocycles. The number of carbonyl (C=O) groups is 1. The first-order valence-electron chi connectivity index (χ1n) is 7.46. The summed E-state index contributed by atoms with van der Waals surface area (Å²) < 4.78 is 0. The Morgan fingerprint density at radius 2 is 1.96 bits per heavy atom. The lowest BCUT2D eigenvalue weighted by molar-refractivity contribution is -0.130. The van der Waals surface area contributed by atoms with E-state index in [-0.39, 0.29) is 36.4 Å². The van der Waals surface area contributed by atoms with Gasteiger partial charge in [0, 0.05) is 32.4 Å². The minimum absolute atomic E-state index is 0. The lowest BCUT2D eigenvalue weighted by Crippen LogP contribution is -2.44. The number of benzene rings is 1. The van der Waals surface area contributed by atoms with Crippen LogP contribution in [0.3, 0.4) is 0 Å². The number of amides is 1. The molecular formula is C16H27IN4OS. The Labute approximate surface area is 160 Å². The number of hydrogen-bond donors (Lipinski definition) is 2. The maximum absolute atomic E-state index is 12.3. The number of thioether (sulfide) groups is 1. The molecule has 1 rings (SSSR count). The van der Waals surface area contributed by atoms with Crippen molar-refractivity contribution < 1.29 is 4.79 Å². The number of nitrogens with zero attached hydrogens (tertiary/aromatic N) is 2. The first-order chi connectivity index (χ1) is 10.7. The smallest absolute Gasteiger partial charge is 0.242 e. The molecule has 1 aromatic carbocycles.